The van der Waals surface area contributed by atoms with Crippen molar-refractivity contribution in [2.45, 2.75) is 31.2 Å². The van der Waals surface area contributed by atoms with Gasteiger partial charge in [-0.25, -0.2) is 0 Å². The Balaban J connectivity index is 1.66. The molecule has 31 heavy (non-hydrogen) atoms. The first-order chi connectivity index (χ1) is 15.0. The third-order valence-corrected chi connectivity index (χ3v) is 6.01. The molecule has 6 nitrogen and oxygen atoms in total. The molecule has 0 bridgehead atoms. The van der Waals surface area contributed by atoms with Gasteiger partial charge in [0.25, 0.3) is 5.69 Å². The molecule has 0 aliphatic heterocycles. The van der Waals surface area contributed by atoms with Crippen molar-refractivity contribution in [2.24, 2.45) is 0 Å². The van der Waals surface area contributed by atoms with Crippen LogP contribution < -0.4 is 0 Å². The second-order valence-corrected chi connectivity index (χ2v) is 8.34. The van der Waals surface area contributed by atoms with E-state index in [2.05, 4.69) is 58.9 Å². The molecule has 1 heterocycles. The molecule has 7 heteroatoms. The summed E-state index contributed by atoms with van der Waals surface area (Å²) in [6, 6.07) is 23.2. The van der Waals surface area contributed by atoms with E-state index in [0.29, 0.717) is 12.2 Å². The molecule has 156 valence electrons. The molecule has 0 saturated carbocycles. The average Bonchev–Trinajstić information content (AvgIpc) is 3.15. The molecule has 0 saturated heterocycles. The SMILES string of the molecule is Cc1ccc(-n2c(Cc3ccccc3)nnc2SCc2ccc([N+](=O)[O-])cc2)c(C)c1. The molecule has 0 aliphatic carbocycles. The van der Waals surface area contributed by atoms with Crippen molar-refractivity contribution in [1.82, 2.24) is 14.8 Å². The van der Waals surface area contributed by atoms with Gasteiger partial charge in [0, 0.05) is 24.3 Å². The summed E-state index contributed by atoms with van der Waals surface area (Å²) < 4.78 is 2.12. The van der Waals surface area contributed by atoms with Crippen LogP contribution in [0.15, 0.2) is 78.0 Å². The highest BCUT2D eigenvalue weighted by atomic mass is 32.2. The van der Waals surface area contributed by atoms with Crippen LogP contribution in [0.3, 0.4) is 0 Å². The molecule has 4 rings (SSSR count). The Labute approximate surface area is 185 Å². The Morgan fingerprint density at radius 2 is 1.68 bits per heavy atom. The van der Waals surface area contributed by atoms with E-state index in [1.165, 1.54) is 23.3 Å². The summed E-state index contributed by atoms with van der Waals surface area (Å²) in [6.45, 7) is 4.18. The molecule has 4 aromatic rings. The fourth-order valence-corrected chi connectivity index (χ4v) is 4.37. The molecule has 0 unspecified atom stereocenters. The molecule has 0 fully saturated rings. The average molecular weight is 431 g/mol. The van der Waals surface area contributed by atoms with E-state index in [1.807, 2.05) is 18.2 Å². The Hall–Kier alpha value is -3.45. The van der Waals surface area contributed by atoms with Gasteiger partial charge in [-0.15, -0.1) is 10.2 Å². The molecule has 3 aromatic carbocycles. The van der Waals surface area contributed by atoms with Crippen molar-refractivity contribution >= 4 is 17.4 Å². The number of aryl methyl sites for hydroxylation is 2. The van der Waals surface area contributed by atoms with Crippen LogP contribution in [-0.2, 0) is 12.2 Å². The van der Waals surface area contributed by atoms with Crippen LogP contribution in [0.5, 0.6) is 0 Å². The van der Waals surface area contributed by atoms with E-state index >= 15 is 0 Å². The lowest BCUT2D eigenvalue weighted by Crippen LogP contribution is -2.06. The summed E-state index contributed by atoms with van der Waals surface area (Å²) in [5, 5.41) is 20.7. The van der Waals surface area contributed by atoms with E-state index < -0.39 is 0 Å². The van der Waals surface area contributed by atoms with Crippen molar-refractivity contribution in [3.8, 4) is 5.69 Å². The maximum absolute atomic E-state index is 10.9. The molecule has 0 N–H and O–H groups in total. The standard InChI is InChI=1S/C24H22N4O2S/c1-17-8-13-22(18(2)14-17)27-23(15-19-6-4-3-5-7-19)25-26-24(27)31-16-20-9-11-21(12-10-20)28(29)30/h3-14H,15-16H2,1-2H3. The second-order valence-electron chi connectivity index (χ2n) is 7.40. The predicted molar refractivity (Wildman–Crippen MR) is 123 cm³/mol. The van der Waals surface area contributed by atoms with Gasteiger partial charge in [-0.2, -0.15) is 0 Å². The minimum absolute atomic E-state index is 0.0948. The summed E-state index contributed by atoms with van der Waals surface area (Å²) in [6.07, 6.45) is 0.680. The number of hydrogen-bond donors (Lipinski definition) is 0. The van der Waals surface area contributed by atoms with Crippen LogP contribution in [0, 0.1) is 24.0 Å². The number of nitrogens with zero attached hydrogens (tertiary/aromatic N) is 4. The van der Waals surface area contributed by atoms with Crippen LogP contribution >= 0.6 is 11.8 Å². The largest absolute Gasteiger partial charge is 0.273 e. The van der Waals surface area contributed by atoms with Crippen LogP contribution in [0.4, 0.5) is 5.69 Å². The zero-order valence-electron chi connectivity index (χ0n) is 17.4. The van der Waals surface area contributed by atoms with E-state index in [1.54, 1.807) is 23.9 Å². The monoisotopic (exact) mass is 430 g/mol. The molecule has 0 radical (unpaired) electrons. The highest BCUT2D eigenvalue weighted by Crippen LogP contribution is 2.28. The molecule has 1 aromatic heterocycles. The highest BCUT2D eigenvalue weighted by Gasteiger charge is 2.17. The predicted octanol–water partition coefficient (Wildman–Crippen LogP) is 5.68. The first kappa shape index (κ1) is 20.8. The number of aromatic nitrogens is 3. The summed E-state index contributed by atoms with van der Waals surface area (Å²) in [5.74, 6) is 1.52. The van der Waals surface area contributed by atoms with Crippen LogP contribution in [0.2, 0.25) is 0 Å². The fourth-order valence-electron chi connectivity index (χ4n) is 3.45. The topological polar surface area (TPSA) is 73.8 Å². The highest BCUT2D eigenvalue weighted by molar-refractivity contribution is 7.98. The number of non-ortho nitro benzene ring substituents is 1. The number of nitro groups is 1. The Morgan fingerprint density at radius 1 is 0.935 bits per heavy atom. The van der Waals surface area contributed by atoms with Gasteiger partial charge in [0.2, 0.25) is 0 Å². The summed E-state index contributed by atoms with van der Waals surface area (Å²) in [5.41, 5.74) is 5.69. The van der Waals surface area contributed by atoms with Gasteiger partial charge in [0.1, 0.15) is 5.82 Å². The van der Waals surface area contributed by atoms with E-state index in [0.717, 1.165) is 27.8 Å². The minimum Gasteiger partial charge on any atom is -0.273 e. The maximum atomic E-state index is 10.9. The van der Waals surface area contributed by atoms with Gasteiger partial charge in [0.15, 0.2) is 5.16 Å². The maximum Gasteiger partial charge on any atom is 0.269 e. The fraction of sp³-hybridized carbons (Fsp3) is 0.167. The molecular weight excluding hydrogens is 408 g/mol. The molecule has 0 aliphatic rings. The molecule has 0 spiro atoms. The first-order valence-corrected chi connectivity index (χ1v) is 10.9. The van der Waals surface area contributed by atoms with E-state index in [9.17, 15) is 10.1 Å². The van der Waals surface area contributed by atoms with Gasteiger partial charge in [-0.05, 0) is 36.6 Å². The van der Waals surface area contributed by atoms with Crippen LogP contribution in [0.25, 0.3) is 5.69 Å². The van der Waals surface area contributed by atoms with Gasteiger partial charge in [0.05, 0.1) is 10.6 Å². The number of hydrogen-bond acceptors (Lipinski definition) is 5. The van der Waals surface area contributed by atoms with Crippen LogP contribution in [0.1, 0.15) is 28.1 Å². The van der Waals surface area contributed by atoms with Crippen molar-refractivity contribution in [3.05, 3.63) is 111 Å². The molecule has 0 atom stereocenters. The summed E-state index contributed by atoms with van der Waals surface area (Å²) >= 11 is 1.57. The van der Waals surface area contributed by atoms with Gasteiger partial charge >= 0.3 is 0 Å². The van der Waals surface area contributed by atoms with Crippen molar-refractivity contribution in [2.75, 3.05) is 0 Å². The molecule has 0 amide bonds. The zero-order chi connectivity index (χ0) is 21.8. The number of thioether (sulfide) groups is 1. The third-order valence-electron chi connectivity index (χ3n) is 5.01. The van der Waals surface area contributed by atoms with E-state index in [4.69, 9.17) is 0 Å². The number of rotatable bonds is 7. The number of benzene rings is 3. The lowest BCUT2D eigenvalue weighted by Gasteiger charge is -2.14. The van der Waals surface area contributed by atoms with E-state index in [-0.39, 0.29) is 10.6 Å². The quantitative estimate of drug-likeness (QED) is 0.214. The smallest absolute Gasteiger partial charge is 0.269 e. The summed E-state index contributed by atoms with van der Waals surface area (Å²) in [7, 11) is 0. The Morgan fingerprint density at radius 3 is 2.35 bits per heavy atom. The second kappa shape index (κ2) is 9.14. The van der Waals surface area contributed by atoms with Crippen LogP contribution in [-0.4, -0.2) is 19.7 Å². The van der Waals surface area contributed by atoms with Gasteiger partial charge in [-0.3, -0.25) is 14.7 Å². The van der Waals surface area contributed by atoms with Crippen molar-refractivity contribution in [1.29, 1.82) is 0 Å². The van der Waals surface area contributed by atoms with Crippen molar-refractivity contribution < 1.29 is 4.92 Å². The zero-order valence-corrected chi connectivity index (χ0v) is 18.2. The normalized spacial score (nSPS) is 10.9. The van der Waals surface area contributed by atoms with Gasteiger partial charge in [-0.1, -0.05) is 71.9 Å². The van der Waals surface area contributed by atoms with Gasteiger partial charge < -0.3 is 0 Å². The first-order valence-electron chi connectivity index (χ1n) is 9.93. The lowest BCUT2D eigenvalue weighted by atomic mass is 10.1. The summed E-state index contributed by atoms with van der Waals surface area (Å²) in [4.78, 5) is 10.5. The molecular formula is C24H22N4O2S. The Kier molecular flexibility index (Phi) is 6.13. The minimum atomic E-state index is -0.385. The van der Waals surface area contributed by atoms with Crippen molar-refractivity contribution in [3.63, 3.8) is 0 Å². The third kappa shape index (κ3) is 4.83. The number of nitro benzene ring substituents is 1. The Bertz CT molecular complexity index is 1200. The lowest BCUT2D eigenvalue weighted by molar-refractivity contribution is -0.384.